The molecule has 0 unspecified atom stereocenters. The van der Waals surface area contributed by atoms with E-state index in [0.717, 1.165) is 0 Å². The number of methoxy groups -OCH3 is 1. The van der Waals surface area contributed by atoms with E-state index < -0.39 is 17.7 Å². The molecule has 0 saturated carbocycles. The number of ether oxygens (including phenoxy) is 2. The molecular weight excluding hydrogens is 250 g/mol. The second-order valence-electron chi connectivity index (χ2n) is 6.03. The fourth-order valence-electron chi connectivity index (χ4n) is 2.66. The number of esters is 1. The van der Waals surface area contributed by atoms with E-state index in [4.69, 9.17) is 9.47 Å². The van der Waals surface area contributed by atoms with Gasteiger partial charge in [-0.15, -0.1) is 0 Å². The molecule has 1 saturated heterocycles. The maximum atomic E-state index is 12.3. The average Bonchev–Trinajstić information content (AvgIpc) is 2.82. The van der Waals surface area contributed by atoms with Crippen molar-refractivity contribution in [1.82, 2.24) is 4.90 Å². The van der Waals surface area contributed by atoms with E-state index in [1.54, 1.807) is 0 Å². The van der Waals surface area contributed by atoms with Gasteiger partial charge in [-0.05, 0) is 6.92 Å². The van der Waals surface area contributed by atoms with Gasteiger partial charge in [0.05, 0.1) is 19.3 Å². The van der Waals surface area contributed by atoms with Crippen LogP contribution in [0.2, 0.25) is 0 Å². The van der Waals surface area contributed by atoms with Crippen LogP contribution in [-0.4, -0.2) is 47.4 Å². The van der Waals surface area contributed by atoms with Crippen LogP contribution in [0.25, 0.3) is 0 Å². The first-order valence-electron chi connectivity index (χ1n) is 6.12. The van der Waals surface area contributed by atoms with Crippen LogP contribution in [0.15, 0.2) is 11.3 Å². The second kappa shape index (κ2) is 3.96. The van der Waals surface area contributed by atoms with Gasteiger partial charge in [-0.1, -0.05) is 20.8 Å². The lowest BCUT2D eigenvalue weighted by atomic mass is 9.91. The highest BCUT2D eigenvalue weighted by Crippen LogP contribution is 2.46. The van der Waals surface area contributed by atoms with Crippen LogP contribution in [-0.2, 0) is 19.1 Å². The van der Waals surface area contributed by atoms with Crippen LogP contribution in [0.4, 0.5) is 0 Å². The second-order valence-corrected chi connectivity index (χ2v) is 6.03. The largest absolute Gasteiger partial charge is 0.509 e. The molecule has 2 rings (SSSR count). The monoisotopic (exact) mass is 269 g/mol. The highest BCUT2D eigenvalue weighted by molar-refractivity contribution is 6.05. The summed E-state index contributed by atoms with van der Waals surface area (Å²) in [4.78, 5) is 25.7. The third-order valence-corrected chi connectivity index (χ3v) is 3.65. The summed E-state index contributed by atoms with van der Waals surface area (Å²) in [5.41, 5.74) is -1.73. The molecule has 2 aliphatic heterocycles. The van der Waals surface area contributed by atoms with Crippen molar-refractivity contribution in [3.63, 3.8) is 0 Å². The van der Waals surface area contributed by atoms with Crippen molar-refractivity contribution in [2.75, 3.05) is 13.7 Å². The Morgan fingerprint density at radius 3 is 2.58 bits per heavy atom. The zero-order chi connectivity index (χ0) is 14.6. The number of carbonyl (C=O) groups is 2. The van der Waals surface area contributed by atoms with Crippen LogP contribution in [0.3, 0.4) is 0 Å². The van der Waals surface area contributed by atoms with E-state index in [0.29, 0.717) is 0 Å². The molecule has 2 heterocycles. The number of carbonyl (C=O) groups excluding carboxylic acids is 2. The zero-order valence-corrected chi connectivity index (χ0v) is 11.8. The number of amides is 1. The number of aliphatic hydroxyl groups is 1. The summed E-state index contributed by atoms with van der Waals surface area (Å²) in [5, 5.41) is 10.2. The lowest BCUT2D eigenvalue weighted by molar-refractivity contribution is -0.158. The number of nitrogens with zero attached hydrogens (tertiary/aromatic N) is 1. The standard InChI is InChI=1S/C13H19NO5/c1-7-8(15)13(11(17)18-5)6-19-10(12(2,3)4)14(13)9(7)16/h10,15H,6H2,1-5H3/t10-,13-/m0/s1. The van der Waals surface area contributed by atoms with Crippen molar-refractivity contribution < 1.29 is 24.2 Å². The summed E-state index contributed by atoms with van der Waals surface area (Å²) in [6.07, 6.45) is -0.585. The Balaban J connectivity index is 2.56. The molecule has 1 amide bonds. The molecule has 0 aromatic heterocycles. The van der Waals surface area contributed by atoms with E-state index in [1.165, 1.54) is 18.9 Å². The van der Waals surface area contributed by atoms with Crippen LogP contribution < -0.4 is 0 Å². The van der Waals surface area contributed by atoms with E-state index in [1.807, 2.05) is 20.8 Å². The highest BCUT2D eigenvalue weighted by atomic mass is 16.6. The maximum Gasteiger partial charge on any atom is 0.342 e. The Bertz CT molecular complexity index is 476. The number of fused-ring (bicyclic) bond motifs is 1. The van der Waals surface area contributed by atoms with Crippen LogP contribution in [0, 0.1) is 5.41 Å². The molecule has 6 heteroatoms. The van der Waals surface area contributed by atoms with Gasteiger partial charge in [-0.25, -0.2) is 4.79 Å². The maximum absolute atomic E-state index is 12.3. The van der Waals surface area contributed by atoms with Crippen molar-refractivity contribution in [3.05, 3.63) is 11.3 Å². The molecule has 0 aromatic rings. The van der Waals surface area contributed by atoms with E-state index in [9.17, 15) is 14.7 Å². The molecule has 1 fully saturated rings. The van der Waals surface area contributed by atoms with Gasteiger partial charge in [0.1, 0.15) is 12.0 Å². The van der Waals surface area contributed by atoms with E-state index in [-0.39, 0.29) is 29.3 Å². The first kappa shape index (κ1) is 13.9. The SMILES string of the molecule is COC(=O)[C@@]12CO[C@@H](C(C)(C)C)N1C(=O)C(C)=C2O. The summed E-state index contributed by atoms with van der Waals surface area (Å²) in [6.45, 7) is 7.13. The summed E-state index contributed by atoms with van der Waals surface area (Å²) >= 11 is 0. The van der Waals surface area contributed by atoms with Gasteiger partial charge in [-0.3, -0.25) is 9.69 Å². The minimum atomic E-state index is -1.52. The molecule has 2 aliphatic rings. The average molecular weight is 269 g/mol. The third kappa shape index (κ3) is 1.59. The van der Waals surface area contributed by atoms with Crippen LogP contribution >= 0.6 is 0 Å². The van der Waals surface area contributed by atoms with Gasteiger partial charge in [0.15, 0.2) is 0 Å². The van der Waals surface area contributed by atoms with Gasteiger partial charge in [-0.2, -0.15) is 0 Å². The summed E-state index contributed by atoms with van der Waals surface area (Å²) in [7, 11) is 1.23. The topological polar surface area (TPSA) is 76.1 Å². The van der Waals surface area contributed by atoms with Crippen molar-refractivity contribution in [2.45, 2.75) is 39.5 Å². The first-order chi connectivity index (χ1) is 8.67. The lowest BCUT2D eigenvalue weighted by Crippen LogP contribution is -2.56. The smallest absolute Gasteiger partial charge is 0.342 e. The molecule has 0 bridgehead atoms. The minimum Gasteiger partial charge on any atom is -0.509 e. The van der Waals surface area contributed by atoms with Gasteiger partial charge in [0, 0.05) is 5.41 Å². The molecule has 106 valence electrons. The van der Waals surface area contributed by atoms with Gasteiger partial charge in [0.25, 0.3) is 5.91 Å². The van der Waals surface area contributed by atoms with E-state index >= 15 is 0 Å². The molecule has 0 aliphatic carbocycles. The van der Waals surface area contributed by atoms with E-state index in [2.05, 4.69) is 0 Å². The fourth-order valence-corrected chi connectivity index (χ4v) is 2.66. The minimum absolute atomic E-state index is 0.0868. The van der Waals surface area contributed by atoms with Gasteiger partial charge in [0.2, 0.25) is 5.54 Å². The predicted molar refractivity (Wildman–Crippen MR) is 66.1 cm³/mol. The van der Waals surface area contributed by atoms with Crippen molar-refractivity contribution in [2.24, 2.45) is 5.41 Å². The number of aliphatic hydroxyl groups excluding tert-OH is 1. The van der Waals surface area contributed by atoms with Crippen molar-refractivity contribution >= 4 is 11.9 Å². The Kier molecular flexibility index (Phi) is 2.89. The highest BCUT2D eigenvalue weighted by Gasteiger charge is 2.65. The quantitative estimate of drug-likeness (QED) is 0.718. The number of rotatable bonds is 1. The van der Waals surface area contributed by atoms with Gasteiger partial charge < -0.3 is 14.6 Å². The Hall–Kier alpha value is -1.56. The fraction of sp³-hybridized carbons (Fsp3) is 0.692. The normalized spacial score (nSPS) is 30.9. The van der Waals surface area contributed by atoms with Crippen molar-refractivity contribution in [1.29, 1.82) is 0 Å². The van der Waals surface area contributed by atoms with Crippen molar-refractivity contribution in [3.8, 4) is 0 Å². The Labute approximate surface area is 112 Å². The van der Waals surface area contributed by atoms with Crippen LogP contribution in [0.5, 0.6) is 0 Å². The summed E-state index contributed by atoms with van der Waals surface area (Å²) < 4.78 is 10.4. The molecule has 0 spiro atoms. The molecule has 0 radical (unpaired) electrons. The molecule has 1 N–H and O–H groups in total. The summed E-state index contributed by atoms with van der Waals surface area (Å²) in [6, 6.07) is 0. The van der Waals surface area contributed by atoms with Crippen LogP contribution in [0.1, 0.15) is 27.7 Å². The molecular formula is C13H19NO5. The lowest BCUT2D eigenvalue weighted by Gasteiger charge is -2.36. The molecule has 6 nitrogen and oxygen atoms in total. The summed E-state index contributed by atoms with van der Waals surface area (Å²) in [5.74, 6) is -1.33. The zero-order valence-electron chi connectivity index (χ0n) is 11.8. The van der Waals surface area contributed by atoms with Gasteiger partial charge >= 0.3 is 5.97 Å². The number of hydrogen-bond acceptors (Lipinski definition) is 5. The predicted octanol–water partition coefficient (Wildman–Crippen LogP) is 0.975. The Morgan fingerprint density at radius 1 is 1.53 bits per heavy atom. The molecule has 19 heavy (non-hydrogen) atoms. The first-order valence-corrected chi connectivity index (χ1v) is 6.12. The molecule has 0 aromatic carbocycles. The third-order valence-electron chi connectivity index (χ3n) is 3.65. The number of hydrogen-bond donors (Lipinski definition) is 1. The Morgan fingerprint density at radius 2 is 2.11 bits per heavy atom. The molecule has 2 atom stereocenters.